The molecule has 19 heavy (non-hydrogen) atoms. The number of hydrogen-bond donors (Lipinski definition) is 0. The second-order valence-electron chi connectivity index (χ2n) is 4.32. The number of benzene rings is 1. The van der Waals surface area contributed by atoms with Crippen LogP contribution >= 0.6 is 11.3 Å². The third-order valence-corrected chi connectivity index (χ3v) is 3.95. The number of thiophene rings is 1. The average Bonchev–Trinajstić information content (AvgIpc) is 3.08. The van der Waals surface area contributed by atoms with Gasteiger partial charge < -0.3 is 0 Å². The molecule has 1 aromatic carbocycles. The maximum absolute atomic E-state index is 4.67. The van der Waals surface area contributed by atoms with Crippen LogP contribution in [0.15, 0.2) is 41.8 Å². The number of aromatic nitrogens is 4. The first kappa shape index (κ1) is 10.6. The molecule has 0 aliphatic heterocycles. The van der Waals surface area contributed by atoms with Gasteiger partial charge in [-0.1, -0.05) is 18.2 Å². The first-order valence-electron chi connectivity index (χ1n) is 5.99. The van der Waals surface area contributed by atoms with Crippen LogP contribution < -0.4 is 0 Å². The highest BCUT2D eigenvalue weighted by Gasteiger charge is 2.12. The highest BCUT2D eigenvalue weighted by molar-refractivity contribution is 7.13. The van der Waals surface area contributed by atoms with Gasteiger partial charge in [0.1, 0.15) is 5.82 Å². The Kier molecular flexibility index (Phi) is 2.16. The molecule has 0 aliphatic carbocycles. The Balaban J connectivity index is 2.12. The van der Waals surface area contributed by atoms with Crippen LogP contribution in [0, 0.1) is 6.92 Å². The van der Waals surface area contributed by atoms with Crippen LogP contribution in [0.1, 0.15) is 5.82 Å². The molecule has 0 unspecified atom stereocenters. The Morgan fingerprint density at radius 2 is 1.95 bits per heavy atom. The van der Waals surface area contributed by atoms with Gasteiger partial charge in [-0.25, -0.2) is 9.97 Å². The molecule has 0 spiro atoms. The van der Waals surface area contributed by atoms with Crippen molar-refractivity contribution in [1.82, 2.24) is 19.6 Å². The van der Waals surface area contributed by atoms with Gasteiger partial charge in [0, 0.05) is 5.39 Å². The van der Waals surface area contributed by atoms with Gasteiger partial charge >= 0.3 is 0 Å². The lowest BCUT2D eigenvalue weighted by Crippen LogP contribution is -1.98. The Hall–Kier alpha value is -2.27. The molecule has 92 valence electrons. The van der Waals surface area contributed by atoms with E-state index in [1.807, 2.05) is 53.2 Å². The van der Waals surface area contributed by atoms with E-state index in [1.165, 1.54) is 0 Å². The van der Waals surface area contributed by atoms with Gasteiger partial charge in [-0.15, -0.1) is 16.4 Å². The van der Waals surface area contributed by atoms with E-state index in [-0.39, 0.29) is 0 Å². The molecule has 3 heterocycles. The van der Waals surface area contributed by atoms with E-state index in [0.717, 1.165) is 33.1 Å². The minimum absolute atomic E-state index is 0.760. The molecule has 0 radical (unpaired) electrons. The first-order chi connectivity index (χ1) is 9.33. The minimum atomic E-state index is 0.760. The smallest absolute Gasteiger partial charge is 0.192 e. The Labute approximate surface area is 113 Å². The monoisotopic (exact) mass is 266 g/mol. The summed E-state index contributed by atoms with van der Waals surface area (Å²) in [6.07, 6.45) is 0. The molecule has 0 fully saturated rings. The molecular formula is C14H10N4S. The molecule has 4 aromatic rings. The Morgan fingerprint density at radius 3 is 2.79 bits per heavy atom. The Morgan fingerprint density at radius 1 is 1.05 bits per heavy atom. The van der Waals surface area contributed by atoms with Gasteiger partial charge in [-0.3, -0.25) is 0 Å². The van der Waals surface area contributed by atoms with Gasteiger partial charge in [0.15, 0.2) is 11.5 Å². The van der Waals surface area contributed by atoms with Crippen LogP contribution in [-0.2, 0) is 0 Å². The van der Waals surface area contributed by atoms with E-state index in [4.69, 9.17) is 0 Å². The van der Waals surface area contributed by atoms with Crippen LogP contribution in [0.2, 0.25) is 0 Å². The minimum Gasteiger partial charge on any atom is -0.233 e. The van der Waals surface area contributed by atoms with E-state index >= 15 is 0 Å². The fourth-order valence-electron chi connectivity index (χ4n) is 2.20. The summed E-state index contributed by atoms with van der Waals surface area (Å²) >= 11 is 1.64. The summed E-state index contributed by atoms with van der Waals surface area (Å²) in [5.41, 5.74) is 1.82. The molecule has 4 rings (SSSR count). The zero-order valence-electron chi connectivity index (χ0n) is 10.2. The van der Waals surface area contributed by atoms with Crippen molar-refractivity contribution in [1.29, 1.82) is 0 Å². The number of rotatable bonds is 1. The van der Waals surface area contributed by atoms with Crippen molar-refractivity contribution in [2.75, 3.05) is 0 Å². The number of hydrogen-bond acceptors (Lipinski definition) is 4. The second kappa shape index (κ2) is 3.86. The molecule has 0 aliphatic rings. The van der Waals surface area contributed by atoms with Gasteiger partial charge in [-0.2, -0.15) is 4.52 Å². The third-order valence-electron chi connectivity index (χ3n) is 3.08. The summed E-state index contributed by atoms with van der Waals surface area (Å²) in [7, 11) is 0. The molecule has 0 saturated heterocycles. The van der Waals surface area contributed by atoms with Crippen molar-refractivity contribution in [3.63, 3.8) is 0 Å². The largest absolute Gasteiger partial charge is 0.233 e. The number of nitrogens with zero attached hydrogens (tertiary/aromatic N) is 4. The molecule has 0 N–H and O–H groups in total. The van der Waals surface area contributed by atoms with E-state index < -0.39 is 0 Å². The van der Waals surface area contributed by atoms with E-state index in [2.05, 4.69) is 15.1 Å². The fourth-order valence-corrected chi connectivity index (χ4v) is 2.86. The van der Waals surface area contributed by atoms with Crippen molar-refractivity contribution in [2.24, 2.45) is 0 Å². The number of aryl methyl sites for hydroxylation is 1. The van der Waals surface area contributed by atoms with Gasteiger partial charge in [0.25, 0.3) is 0 Å². The second-order valence-corrected chi connectivity index (χ2v) is 5.27. The summed E-state index contributed by atoms with van der Waals surface area (Å²) in [6.45, 7) is 1.95. The van der Waals surface area contributed by atoms with E-state index in [9.17, 15) is 0 Å². The van der Waals surface area contributed by atoms with E-state index in [1.54, 1.807) is 11.3 Å². The SMILES string of the molecule is Cc1nc2ccccc2c2nc(-c3cccs3)nn12. The quantitative estimate of drug-likeness (QED) is 0.531. The zero-order valence-corrected chi connectivity index (χ0v) is 11.1. The number of para-hydroxylation sites is 1. The zero-order chi connectivity index (χ0) is 12.8. The topological polar surface area (TPSA) is 43.1 Å². The summed E-state index contributed by atoms with van der Waals surface area (Å²) in [5.74, 6) is 1.61. The summed E-state index contributed by atoms with van der Waals surface area (Å²) in [4.78, 5) is 10.3. The average molecular weight is 266 g/mol. The van der Waals surface area contributed by atoms with Crippen LogP contribution in [0.3, 0.4) is 0 Å². The first-order valence-corrected chi connectivity index (χ1v) is 6.87. The predicted molar refractivity (Wildman–Crippen MR) is 76.3 cm³/mol. The van der Waals surface area contributed by atoms with Crippen LogP contribution in [-0.4, -0.2) is 19.6 Å². The molecule has 3 aromatic heterocycles. The Bertz CT molecular complexity index is 877. The van der Waals surface area contributed by atoms with Gasteiger partial charge in [0.05, 0.1) is 10.4 Å². The van der Waals surface area contributed by atoms with Gasteiger partial charge in [0.2, 0.25) is 0 Å². The standard InChI is InChI=1S/C14H10N4S/c1-9-15-11-6-3-2-5-10(11)14-16-13(17-18(9)14)12-7-4-8-19-12/h2-8H,1H3. The molecule has 5 heteroatoms. The molecular weight excluding hydrogens is 256 g/mol. The lowest BCUT2D eigenvalue weighted by Gasteiger charge is -2.01. The molecule has 4 nitrogen and oxygen atoms in total. The molecule has 0 atom stereocenters. The van der Waals surface area contributed by atoms with Crippen molar-refractivity contribution >= 4 is 27.9 Å². The highest BCUT2D eigenvalue weighted by Crippen LogP contribution is 2.24. The summed E-state index contributed by atoms with van der Waals surface area (Å²) in [6, 6.07) is 12.1. The van der Waals surface area contributed by atoms with Crippen molar-refractivity contribution in [3.8, 4) is 10.7 Å². The molecule has 0 bridgehead atoms. The maximum atomic E-state index is 4.67. The maximum Gasteiger partial charge on any atom is 0.192 e. The lowest BCUT2D eigenvalue weighted by molar-refractivity contribution is 0.881. The summed E-state index contributed by atoms with van der Waals surface area (Å²) in [5, 5.41) is 7.62. The van der Waals surface area contributed by atoms with Crippen molar-refractivity contribution in [2.45, 2.75) is 6.92 Å². The molecule has 0 saturated carbocycles. The number of fused-ring (bicyclic) bond motifs is 3. The fraction of sp³-hybridized carbons (Fsp3) is 0.0714. The summed E-state index contributed by atoms with van der Waals surface area (Å²) < 4.78 is 1.82. The van der Waals surface area contributed by atoms with Crippen molar-refractivity contribution in [3.05, 3.63) is 47.6 Å². The van der Waals surface area contributed by atoms with Crippen LogP contribution in [0.5, 0.6) is 0 Å². The highest BCUT2D eigenvalue weighted by atomic mass is 32.1. The lowest BCUT2D eigenvalue weighted by atomic mass is 10.2. The third kappa shape index (κ3) is 1.55. The van der Waals surface area contributed by atoms with Crippen molar-refractivity contribution < 1.29 is 0 Å². The van der Waals surface area contributed by atoms with Gasteiger partial charge in [-0.05, 0) is 30.5 Å². The van der Waals surface area contributed by atoms with Crippen LogP contribution in [0.25, 0.3) is 27.3 Å². The molecule has 0 amide bonds. The predicted octanol–water partition coefficient (Wildman–Crippen LogP) is 3.31. The van der Waals surface area contributed by atoms with E-state index in [0.29, 0.717) is 0 Å². The normalized spacial score (nSPS) is 11.4. The van der Waals surface area contributed by atoms with Crippen LogP contribution in [0.4, 0.5) is 0 Å².